The standard InChI is InChI=1S/C15H14N4O2S2/c20-12-8-10(17-15-19(12)5-7-23-15)9-18-4-3-16-14(21)13(18)11-2-1-6-22-11/h1-2,5-8,13H,3-4,9H2,(H,16,21)/t13-/m0/s1. The zero-order valence-corrected chi connectivity index (χ0v) is 13.8. The van der Waals surface area contributed by atoms with Crippen LogP contribution in [0.3, 0.4) is 0 Å². The van der Waals surface area contributed by atoms with Crippen LogP contribution in [0.5, 0.6) is 0 Å². The molecule has 1 atom stereocenters. The normalized spacial score (nSPS) is 19.1. The lowest BCUT2D eigenvalue weighted by atomic mass is 10.1. The second-order valence-electron chi connectivity index (χ2n) is 5.32. The van der Waals surface area contributed by atoms with E-state index in [0.717, 1.165) is 11.4 Å². The van der Waals surface area contributed by atoms with E-state index >= 15 is 0 Å². The Bertz CT molecular complexity index is 900. The lowest BCUT2D eigenvalue weighted by Crippen LogP contribution is -2.49. The Balaban J connectivity index is 1.67. The summed E-state index contributed by atoms with van der Waals surface area (Å²) in [5, 5.41) is 6.73. The number of thiazole rings is 1. The number of thiophene rings is 1. The largest absolute Gasteiger partial charge is 0.353 e. The van der Waals surface area contributed by atoms with Crippen LogP contribution in [0.4, 0.5) is 0 Å². The molecule has 118 valence electrons. The van der Waals surface area contributed by atoms with Crippen LogP contribution in [0.1, 0.15) is 16.6 Å². The summed E-state index contributed by atoms with van der Waals surface area (Å²) in [5.74, 6) is 0.00706. The van der Waals surface area contributed by atoms with Crippen LogP contribution in [0.2, 0.25) is 0 Å². The quantitative estimate of drug-likeness (QED) is 0.780. The first-order valence-electron chi connectivity index (χ1n) is 7.23. The van der Waals surface area contributed by atoms with Gasteiger partial charge in [-0.15, -0.1) is 22.7 Å². The molecule has 3 aromatic rings. The van der Waals surface area contributed by atoms with E-state index in [1.807, 2.05) is 22.9 Å². The van der Waals surface area contributed by atoms with Gasteiger partial charge in [0.2, 0.25) is 5.91 Å². The van der Waals surface area contributed by atoms with Crippen molar-refractivity contribution in [3.05, 3.63) is 56.1 Å². The van der Waals surface area contributed by atoms with Crippen molar-refractivity contribution in [2.75, 3.05) is 13.1 Å². The average Bonchev–Trinajstić information content (AvgIpc) is 3.18. The van der Waals surface area contributed by atoms with Gasteiger partial charge in [0.05, 0.1) is 5.69 Å². The smallest absolute Gasteiger partial charge is 0.258 e. The van der Waals surface area contributed by atoms with Gasteiger partial charge in [-0.2, -0.15) is 0 Å². The summed E-state index contributed by atoms with van der Waals surface area (Å²) in [5.41, 5.74) is 0.620. The first-order chi connectivity index (χ1) is 11.2. The van der Waals surface area contributed by atoms with E-state index in [2.05, 4.69) is 15.2 Å². The number of amides is 1. The molecular formula is C15H14N4O2S2. The molecule has 1 N–H and O–H groups in total. The summed E-state index contributed by atoms with van der Waals surface area (Å²) in [6, 6.07) is 5.16. The van der Waals surface area contributed by atoms with E-state index in [1.54, 1.807) is 23.6 Å². The SMILES string of the molecule is O=C1NCCN(Cc2cc(=O)n3ccsc3n2)[C@H]1c1cccs1. The van der Waals surface area contributed by atoms with E-state index < -0.39 is 0 Å². The Morgan fingerprint density at radius 1 is 1.30 bits per heavy atom. The molecule has 6 nitrogen and oxygen atoms in total. The number of hydrogen-bond donors (Lipinski definition) is 1. The fraction of sp³-hybridized carbons (Fsp3) is 0.267. The zero-order chi connectivity index (χ0) is 15.8. The maximum Gasteiger partial charge on any atom is 0.258 e. The lowest BCUT2D eigenvalue weighted by Gasteiger charge is -2.34. The van der Waals surface area contributed by atoms with Gasteiger partial charge in [0.25, 0.3) is 5.56 Å². The molecule has 8 heteroatoms. The molecule has 1 amide bonds. The molecule has 1 fully saturated rings. The van der Waals surface area contributed by atoms with Gasteiger partial charge in [-0.05, 0) is 11.4 Å². The van der Waals surface area contributed by atoms with Gasteiger partial charge in [-0.1, -0.05) is 6.07 Å². The van der Waals surface area contributed by atoms with Crippen molar-refractivity contribution in [1.82, 2.24) is 19.6 Å². The van der Waals surface area contributed by atoms with Gasteiger partial charge in [0, 0.05) is 42.2 Å². The van der Waals surface area contributed by atoms with E-state index in [0.29, 0.717) is 23.7 Å². The van der Waals surface area contributed by atoms with Crippen molar-refractivity contribution in [2.24, 2.45) is 0 Å². The average molecular weight is 346 g/mol. The van der Waals surface area contributed by atoms with Crippen molar-refractivity contribution in [3.8, 4) is 0 Å². The molecule has 4 rings (SSSR count). The molecule has 0 unspecified atom stereocenters. The highest BCUT2D eigenvalue weighted by Crippen LogP contribution is 2.28. The Morgan fingerprint density at radius 3 is 3.04 bits per heavy atom. The maximum absolute atomic E-state index is 12.3. The van der Waals surface area contributed by atoms with Crippen LogP contribution in [0.15, 0.2) is 40.0 Å². The number of rotatable bonds is 3. The van der Waals surface area contributed by atoms with Gasteiger partial charge < -0.3 is 5.32 Å². The van der Waals surface area contributed by atoms with Gasteiger partial charge >= 0.3 is 0 Å². The molecule has 0 radical (unpaired) electrons. The highest BCUT2D eigenvalue weighted by atomic mass is 32.1. The summed E-state index contributed by atoms with van der Waals surface area (Å²) in [7, 11) is 0. The molecule has 4 heterocycles. The highest BCUT2D eigenvalue weighted by molar-refractivity contribution is 7.15. The maximum atomic E-state index is 12.3. The van der Waals surface area contributed by atoms with E-state index in [4.69, 9.17) is 0 Å². The van der Waals surface area contributed by atoms with Crippen molar-refractivity contribution in [2.45, 2.75) is 12.6 Å². The number of fused-ring (bicyclic) bond motifs is 1. The van der Waals surface area contributed by atoms with Gasteiger partial charge in [0.1, 0.15) is 6.04 Å². The number of nitrogens with zero attached hydrogens (tertiary/aromatic N) is 3. The summed E-state index contributed by atoms with van der Waals surface area (Å²) in [6.07, 6.45) is 1.72. The van der Waals surface area contributed by atoms with Gasteiger partial charge in [-0.25, -0.2) is 4.98 Å². The minimum atomic E-state index is -0.313. The number of nitrogens with one attached hydrogen (secondary N) is 1. The molecule has 1 aliphatic rings. The van der Waals surface area contributed by atoms with Crippen molar-refractivity contribution < 1.29 is 4.79 Å². The Kier molecular flexibility index (Phi) is 3.72. The minimum absolute atomic E-state index is 0.00706. The number of hydrogen-bond acceptors (Lipinski definition) is 6. The zero-order valence-electron chi connectivity index (χ0n) is 12.1. The van der Waals surface area contributed by atoms with Gasteiger partial charge in [0.15, 0.2) is 4.96 Å². The third-order valence-electron chi connectivity index (χ3n) is 3.85. The van der Waals surface area contributed by atoms with Crippen LogP contribution in [-0.4, -0.2) is 33.3 Å². The van der Waals surface area contributed by atoms with Crippen molar-refractivity contribution in [3.63, 3.8) is 0 Å². The third-order valence-corrected chi connectivity index (χ3v) is 5.53. The summed E-state index contributed by atoms with van der Waals surface area (Å²) in [4.78, 5) is 32.7. The predicted molar refractivity (Wildman–Crippen MR) is 89.8 cm³/mol. The fourth-order valence-electron chi connectivity index (χ4n) is 2.82. The molecule has 0 bridgehead atoms. The van der Waals surface area contributed by atoms with Crippen molar-refractivity contribution in [1.29, 1.82) is 0 Å². The van der Waals surface area contributed by atoms with Crippen molar-refractivity contribution >= 4 is 33.5 Å². The molecule has 0 aliphatic carbocycles. The highest BCUT2D eigenvalue weighted by Gasteiger charge is 2.32. The Labute approximate surface area is 140 Å². The van der Waals surface area contributed by atoms with Crippen LogP contribution >= 0.6 is 22.7 Å². The second-order valence-corrected chi connectivity index (χ2v) is 7.17. The van der Waals surface area contributed by atoms with Gasteiger partial charge in [-0.3, -0.25) is 18.9 Å². The van der Waals surface area contributed by atoms with Crippen LogP contribution in [-0.2, 0) is 11.3 Å². The molecule has 0 spiro atoms. The van der Waals surface area contributed by atoms with E-state index in [1.165, 1.54) is 15.7 Å². The third kappa shape index (κ3) is 2.69. The number of carbonyl (C=O) groups excluding carboxylic acids is 1. The molecule has 23 heavy (non-hydrogen) atoms. The number of carbonyl (C=O) groups is 1. The molecule has 0 aromatic carbocycles. The lowest BCUT2D eigenvalue weighted by molar-refractivity contribution is -0.129. The molecule has 3 aromatic heterocycles. The predicted octanol–water partition coefficient (Wildman–Crippen LogP) is 1.49. The Morgan fingerprint density at radius 2 is 2.22 bits per heavy atom. The monoisotopic (exact) mass is 346 g/mol. The molecule has 0 saturated carbocycles. The first-order valence-corrected chi connectivity index (χ1v) is 8.99. The Hall–Kier alpha value is -2.03. The second kappa shape index (κ2) is 5.88. The summed E-state index contributed by atoms with van der Waals surface area (Å²) in [6.45, 7) is 1.83. The minimum Gasteiger partial charge on any atom is -0.353 e. The fourth-order valence-corrected chi connectivity index (χ4v) is 4.41. The molecule has 1 aliphatic heterocycles. The number of piperazine rings is 1. The van der Waals surface area contributed by atoms with E-state index in [9.17, 15) is 9.59 Å². The number of aromatic nitrogens is 2. The first kappa shape index (κ1) is 14.6. The summed E-state index contributed by atoms with van der Waals surface area (Å²) < 4.78 is 1.54. The van der Waals surface area contributed by atoms with Crippen LogP contribution in [0, 0.1) is 0 Å². The topological polar surface area (TPSA) is 66.7 Å². The van der Waals surface area contributed by atoms with E-state index in [-0.39, 0.29) is 17.5 Å². The van der Waals surface area contributed by atoms with Crippen LogP contribution in [0.25, 0.3) is 4.96 Å². The van der Waals surface area contributed by atoms with Crippen LogP contribution < -0.4 is 10.9 Å². The molecular weight excluding hydrogens is 332 g/mol. The molecule has 1 saturated heterocycles. The summed E-state index contributed by atoms with van der Waals surface area (Å²) >= 11 is 3.00.